The lowest BCUT2D eigenvalue weighted by Crippen LogP contribution is -2.53. The third-order valence-electron chi connectivity index (χ3n) is 4.57. The summed E-state index contributed by atoms with van der Waals surface area (Å²) in [5, 5.41) is 0. The van der Waals surface area contributed by atoms with Gasteiger partial charge >= 0.3 is 0 Å². The zero-order valence-electron chi connectivity index (χ0n) is 10.9. The molecule has 2 rings (SSSR count). The number of likely N-dealkylation sites (tertiary alicyclic amines) is 1. The molecule has 94 valence electrons. The van der Waals surface area contributed by atoms with Gasteiger partial charge in [0.25, 0.3) is 0 Å². The van der Waals surface area contributed by atoms with E-state index in [0.717, 1.165) is 6.04 Å². The molecule has 2 atom stereocenters. The Morgan fingerprint density at radius 2 is 1.69 bits per heavy atom. The summed E-state index contributed by atoms with van der Waals surface area (Å²) in [4.78, 5) is 5.03. The molecule has 2 N–H and O–H groups in total. The second-order valence-corrected chi connectivity index (χ2v) is 5.72. The highest BCUT2D eigenvalue weighted by atomic mass is 15.2. The molecule has 0 unspecified atom stereocenters. The van der Waals surface area contributed by atoms with Gasteiger partial charge in [0.05, 0.1) is 0 Å². The minimum atomic E-state index is 0.415. The summed E-state index contributed by atoms with van der Waals surface area (Å²) >= 11 is 0. The first-order valence-corrected chi connectivity index (χ1v) is 6.84. The van der Waals surface area contributed by atoms with E-state index in [4.69, 9.17) is 5.73 Å². The zero-order chi connectivity index (χ0) is 11.5. The van der Waals surface area contributed by atoms with Crippen molar-refractivity contribution in [2.75, 3.05) is 27.2 Å². The third kappa shape index (κ3) is 2.76. The average Bonchev–Trinajstić information content (AvgIpc) is 2.30. The van der Waals surface area contributed by atoms with E-state index in [1.807, 2.05) is 0 Å². The maximum absolute atomic E-state index is 6.26. The van der Waals surface area contributed by atoms with Crippen LogP contribution in [0.4, 0.5) is 0 Å². The van der Waals surface area contributed by atoms with E-state index in [2.05, 4.69) is 23.9 Å². The molecular formula is C13H27N3. The van der Waals surface area contributed by atoms with Crippen LogP contribution in [0.5, 0.6) is 0 Å². The summed E-state index contributed by atoms with van der Waals surface area (Å²) in [6, 6.07) is 1.82. The van der Waals surface area contributed by atoms with E-state index in [1.165, 1.54) is 51.6 Å². The normalized spacial score (nSPS) is 34.5. The van der Waals surface area contributed by atoms with Crippen LogP contribution in [-0.4, -0.2) is 55.1 Å². The molecule has 0 bridgehead atoms. The van der Waals surface area contributed by atoms with Crippen LogP contribution in [0.25, 0.3) is 0 Å². The molecule has 0 aromatic carbocycles. The Bertz CT molecular complexity index is 211. The Kier molecular flexibility index (Phi) is 4.22. The zero-order valence-corrected chi connectivity index (χ0v) is 10.9. The Balaban J connectivity index is 1.88. The standard InChI is InChI=1S/C13H27N3/c1-15-9-7-11(8-10-15)16(2)13-6-4-3-5-12(13)14/h11-13H,3-10,14H2,1-2H3/t12-,13-/m0/s1. The van der Waals surface area contributed by atoms with Gasteiger partial charge in [0.2, 0.25) is 0 Å². The van der Waals surface area contributed by atoms with E-state index >= 15 is 0 Å². The molecule has 0 radical (unpaired) electrons. The van der Waals surface area contributed by atoms with Gasteiger partial charge in [0, 0.05) is 18.1 Å². The predicted molar refractivity (Wildman–Crippen MR) is 68.5 cm³/mol. The Hall–Kier alpha value is -0.120. The van der Waals surface area contributed by atoms with Crippen LogP contribution in [0.1, 0.15) is 38.5 Å². The first kappa shape index (κ1) is 12.3. The fourth-order valence-electron chi connectivity index (χ4n) is 3.32. The number of hydrogen-bond acceptors (Lipinski definition) is 3. The second kappa shape index (κ2) is 5.48. The van der Waals surface area contributed by atoms with Gasteiger partial charge in [-0.05, 0) is 52.9 Å². The fraction of sp³-hybridized carbons (Fsp3) is 1.00. The quantitative estimate of drug-likeness (QED) is 0.768. The first-order chi connectivity index (χ1) is 7.68. The summed E-state index contributed by atoms with van der Waals surface area (Å²) < 4.78 is 0. The number of likely N-dealkylation sites (N-methyl/N-ethyl adjacent to an activating group) is 1. The van der Waals surface area contributed by atoms with E-state index < -0.39 is 0 Å². The van der Waals surface area contributed by atoms with Crippen LogP contribution in [-0.2, 0) is 0 Å². The molecule has 2 fully saturated rings. The molecule has 3 heteroatoms. The molecular weight excluding hydrogens is 198 g/mol. The van der Waals surface area contributed by atoms with Gasteiger partial charge in [-0.1, -0.05) is 12.8 Å². The first-order valence-electron chi connectivity index (χ1n) is 6.84. The minimum absolute atomic E-state index is 0.415. The van der Waals surface area contributed by atoms with Crippen LogP contribution in [0, 0.1) is 0 Å². The predicted octanol–water partition coefficient (Wildman–Crippen LogP) is 1.28. The van der Waals surface area contributed by atoms with Gasteiger partial charge in [-0.3, -0.25) is 4.90 Å². The molecule has 0 aromatic heterocycles. The smallest absolute Gasteiger partial charge is 0.0247 e. The van der Waals surface area contributed by atoms with Crippen molar-refractivity contribution in [2.45, 2.75) is 56.7 Å². The molecule has 16 heavy (non-hydrogen) atoms. The topological polar surface area (TPSA) is 32.5 Å². The van der Waals surface area contributed by atoms with Crippen molar-refractivity contribution < 1.29 is 0 Å². The second-order valence-electron chi connectivity index (χ2n) is 5.72. The molecule has 0 spiro atoms. The summed E-state index contributed by atoms with van der Waals surface area (Å²) in [6.07, 6.45) is 7.87. The molecule has 1 heterocycles. The number of nitrogens with zero attached hydrogens (tertiary/aromatic N) is 2. The molecule has 0 aromatic rings. The number of hydrogen-bond donors (Lipinski definition) is 1. The lowest BCUT2D eigenvalue weighted by molar-refractivity contribution is 0.0781. The van der Waals surface area contributed by atoms with E-state index in [9.17, 15) is 0 Å². The van der Waals surface area contributed by atoms with Crippen molar-refractivity contribution in [3.63, 3.8) is 0 Å². The van der Waals surface area contributed by atoms with Crippen LogP contribution >= 0.6 is 0 Å². The molecule has 1 aliphatic heterocycles. The summed E-state index contributed by atoms with van der Waals surface area (Å²) in [5.74, 6) is 0. The molecule has 1 saturated carbocycles. The van der Waals surface area contributed by atoms with Crippen LogP contribution in [0.3, 0.4) is 0 Å². The van der Waals surface area contributed by atoms with Gasteiger partial charge in [-0.15, -0.1) is 0 Å². The van der Waals surface area contributed by atoms with Crippen LogP contribution < -0.4 is 5.73 Å². The largest absolute Gasteiger partial charge is 0.326 e. The SMILES string of the molecule is CN1CCC(N(C)[C@H]2CCCC[C@@H]2N)CC1. The van der Waals surface area contributed by atoms with Gasteiger partial charge in [-0.25, -0.2) is 0 Å². The van der Waals surface area contributed by atoms with E-state index in [-0.39, 0.29) is 0 Å². The Labute approximate surface area is 100.0 Å². The van der Waals surface area contributed by atoms with Crippen molar-refractivity contribution in [3.05, 3.63) is 0 Å². The molecule has 3 nitrogen and oxygen atoms in total. The van der Waals surface area contributed by atoms with Crippen molar-refractivity contribution in [1.29, 1.82) is 0 Å². The van der Waals surface area contributed by atoms with Crippen LogP contribution in [0.15, 0.2) is 0 Å². The molecule has 1 aliphatic carbocycles. The molecule has 2 aliphatic rings. The monoisotopic (exact) mass is 225 g/mol. The number of piperidine rings is 1. The molecule has 1 saturated heterocycles. The number of nitrogens with two attached hydrogens (primary N) is 1. The fourth-order valence-corrected chi connectivity index (χ4v) is 3.32. The van der Waals surface area contributed by atoms with Gasteiger partial charge in [0.1, 0.15) is 0 Å². The Morgan fingerprint density at radius 1 is 1.06 bits per heavy atom. The van der Waals surface area contributed by atoms with Crippen molar-refractivity contribution >= 4 is 0 Å². The van der Waals surface area contributed by atoms with Crippen molar-refractivity contribution in [1.82, 2.24) is 9.80 Å². The highest BCUT2D eigenvalue weighted by Gasteiger charge is 2.30. The van der Waals surface area contributed by atoms with E-state index in [0.29, 0.717) is 12.1 Å². The maximum atomic E-state index is 6.26. The summed E-state index contributed by atoms with van der Waals surface area (Å²) in [5.41, 5.74) is 6.26. The number of rotatable bonds is 2. The maximum Gasteiger partial charge on any atom is 0.0247 e. The lowest BCUT2D eigenvalue weighted by Gasteiger charge is -2.43. The lowest BCUT2D eigenvalue weighted by atomic mass is 9.88. The van der Waals surface area contributed by atoms with Gasteiger partial charge in [0.15, 0.2) is 0 Å². The average molecular weight is 225 g/mol. The Morgan fingerprint density at radius 3 is 2.31 bits per heavy atom. The highest BCUT2D eigenvalue weighted by Crippen LogP contribution is 2.25. The molecule has 0 amide bonds. The van der Waals surface area contributed by atoms with Crippen molar-refractivity contribution in [2.24, 2.45) is 5.73 Å². The van der Waals surface area contributed by atoms with E-state index in [1.54, 1.807) is 0 Å². The minimum Gasteiger partial charge on any atom is -0.326 e. The highest BCUT2D eigenvalue weighted by molar-refractivity contribution is 4.89. The van der Waals surface area contributed by atoms with Crippen LogP contribution in [0.2, 0.25) is 0 Å². The van der Waals surface area contributed by atoms with Gasteiger partial charge < -0.3 is 10.6 Å². The van der Waals surface area contributed by atoms with Crippen molar-refractivity contribution in [3.8, 4) is 0 Å². The summed E-state index contributed by atoms with van der Waals surface area (Å²) in [7, 11) is 4.52. The van der Waals surface area contributed by atoms with Gasteiger partial charge in [-0.2, -0.15) is 0 Å². The summed E-state index contributed by atoms with van der Waals surface area (Å²) in [6.45, 7) is 2.49. The third-order valence-corrected chi connectivity index (χ3v) is 4.57.